The Bertz CT molecular complexity index is 1260. The highest BCUT2D eigenvalue weighted by Crippen LogP contribution is 2.50. The lowest BCUT2D eigenvalue weighted by atomic mass is 10.2. The molecule has 36 heavy (non-hydrogen) atoms. The van der Waals surface area contributed by atoms with Crippen LogP contribution in [0.4, 0.5) is 11.7 Å². The predicted molar refractivity (Wildman–Crippen MR) is 126 cm³/mol. The number of aliphatic imine (C=N–C) groups is 1. The standard InChI is InChI=1S/C21H25N6O8P/c1-31-20-18-19(24-21(22)25-20)26(13-23-18)9-10-32-14-36(30,33-11-15-5-3-2-4-6-15)34-12-16-7-8-17(35-16)27(28)29/h2-8,13,20H,9-12,14H2,1H3,(H3,22,24,25). The van der Waals surface area contributed by atoms with Crippen LogP contribution in [-0.2, 0) is 42.8 Å². The number of hydrogen-bond donors (Lipinski definition) is 2. The summed E-state index contributed by atoms with van der Waals surface area (Å²) in [4.78, 5) is 18.7. The van der Waals surface area contributed by atoms with Crippen LogP contribution in [0.15, 0.2) is 58.2 Å². The largest absolute Gasteiger partial charge is 0.433 e. The van der Waals surface area contributed by atoms with Gasteiger partial charge in [0.05, 0.1) is 25.6 Å². The fourth-order valence-corrected chi connectivity index (χ4v) is 4.53. The van der Waals surface area contributed by atoms with Crippen molar-refractivity contribution in [1.82, 2.24) is 14.9 Å². The van der Waals surface area contributed by atoms with Gasteiger partial charge < -0.3 is 34.0 Å². The number of rotatable bonds is 13. The Morgan fingerprint density at radius 3 is 2.72 bits per heavy atom. The number of fused-ring (bicyclic) bond motifs is 1. The van der Waals surface area contributed by atoms with Crippen molar-refractivity contribution in [3.05, 3.63) is 75.9 Å². The van der Waals surface area contributed by atoms with Gasteiger partial charge in [-0.3, -0.25) is 19.2 Å². The molecule has 0 amide bonds. The molecule has 0 bridgehead atoms. The molecule has 4 rings (SSSR count). The number of nitro groups is 1. The van der Waals surface area contributed by atoms with Gasteiger partial charge in [0.2, 0.25) is 0 Å². The smallest absolute Gasteiger partial charge is 0.403 e. The summed E-state index contributed by atoms with van der Waals surface area (Å²) in [6, 6.07) is 11.7. The molecule has 0 aliphatic carbocycles. The summed E-state index contributed by atoms with van der Waals surface area (Å²) < 4.78 is 42.3. The summed E-state index contributed by atoms with van der Waals surface area (Å²) in [6.07, 6.45) is 0.708. The second-order valence-electron chi connectivity index (χ2n) is 7.58. The maximum Gasteiger partial charge on any atom is 0.433 e. The Morgan fingerprint density at radius 2 is 2.00 bits per heavy atom. The van der Waals surface area contributed by atoms with Gasteiger partial charge in [0.25, 0.3) is 0 Å². The summed E-state index contributed by atoms with van der Waals surface area (Å²) in [7, 11) is -2.25. The zero-order chi connectivity index (χ0) is 25.5. The molecule has 14 nitrogen and oxygen atoms in total. The number of guanidine groups is 1. The molecule has 3 aromatic rings. The second-order valence-corrected chi connectivity index (χ2v) is 9.58. The minimum atomic E-state index is -3.77. The number of nitrogens with one attached hydrogen (secondary N) is 1. The monoisotopic (exact) mass is 520 g/mol. The van der Waals surface area contributed by atoms with Crippen molar-refractivity contribution < 1.29 is 32.4 Å². The molecule has 0 saturated heterocycles. The quantitative estimate of drug-likeness (QED) is 0.146. The zero-order valence-corrected chi connectivity index (χ0v) is 20.2. The lowest BCUT2D eigenvalue weighted by Gasteiger charge is -2.21. The number of aromatic nitrogens is 2. The highest BCUT2D eigenvalue weighted by Gasteiger charge is 2.28. The van der Waals surface area contributed by atoms with Crippen molar-refractivity contribution in [2.45, 2.75) is 26.0 Å². The van der Waals surface area contributed by atoms with Crippen LogP contribution in [0.3, 0.4) is 0 Å². The van der Waals surface area contributed by atoms with E-state index in [9.17, 15) is 14.7 Å². The van der Waals surface area contributed by atoms with Crippen molar-refractivity contribution in [1.29, 1.82) is 0 Å². The van der Waals surface area contributed by atoms with E-state index in [1.54, 1.807) is 10.9 Å². The van der Waals surface area contributed by atoms with E-state index in [1.165, 1.54) is 19.2 Å². The van der Waals surface area contributed by atoms with Crippen molar-refractivity contribution in [3.8, 4) is 0 Å². The third-order valence-electron chi connectivity index (χ3n) is 5.05. The zero-order valence-electron chi connectivity index (χ0n) is 19.3. The molecule has 1 aliphatic rings. The molecule has 1 aromatic carbocycles. The number of ether oxygens (including phenoxy) is 2. The van der Waals surface area contributed by atoms with E-state index < -0.39 is 24.6 Å². The first-order valence-corrected chi connectivity index (χ1v) is 12.5. The molecule has 0 spiro atoms. The van der Waals surface area contributed by atoms with Gasteiger partial charge >= 0.3 is 13.5 Å². The fraction of sp³-hybridized carbons (Fsp3) is 0.333. The average molecular weight is 520 g/mol. The van der Waals surface area contributed by atoms with Crippen LogP contribution in [0.2, 0.25) is 0 Å². The van der Waals surface area contributed by atoms with E-state index in [0.29, 0.717) is 18.1 Å². The normalized spacial score (nSPS) is 16.6. The molecular formula is C21H25N6O8P. The van der Waals surface area contributed by atoms with E-state index in [2.05, 4.69) is 15.3 Å². The molecule has 0 radical (unpaired) electrons. The highest BCUT2D eigenvalue weighted by molar-refractivity contribution is 7.53. The fourth-order valence-electron chi connectivity index (χ4n) is 3.28. The molecule has 2 unspecified atom stereocenters. The Balaban J connectivity index is 1.37. The summed E-state index contributed by atoms with van der Waals surface area (Å²) >= 11 is 0. The molecule has 0 fully saturated rings. The lowest BCUT2D eigenvalue weighted by Crippen LogP contribution is -2.38. The number of imidazole rings is 1. The van der Waals surface area contributed by atoms with Crippen LogP contribution in [0, 0.1) is 10.1 Å². The molecular weight excluding hydrogens is 495 g/mol. The summed E-state index contributed by atoms with van der Waals surface area (Å²) in [5.41, 5.74) is 7.18. The van der Waals surface area contributed by atoms with Crippen LogP contribution >= 0.6 is 7.60 Å². The molecule has 1 aliphatic heterocycles. The first-order valence-electron chi connectivity index (χ1n) is 10.8. The Hall–Kier alpha value is -3.55. The van der Waals surface area contributed by atoms with Gasteiger partial charge in [-0.1, -0.05) is 30.3 Å². The van der Waals surface area contributed by atoms with E-state index in [0.717, 1.165) is 5.56 Å². The third kappa shape index (κ3) is 6.36. The Labute approximate surface area is 205 Å². The number of nitrogens with two attached hydrogens (primary N) is 1. The van der Waals surface area contributed by atoms with Crippen LogP contribution in [0.25, 0.3) is 0 Å². The van der Waals surface area contributed by atoms with E-state index >= 15 is 0 Å². The lowest BCUT2D eigenvalue weighted by molar-refractivity contribution is -0.402. The van der Waals surface area contributed by atoms with Gasteiger partial charge in [-0.05, 0) is 11.6 Å². The van der Waals surface area contributed by atoms with Crippen molar-refractivity contribution >= 4 is 25.3 Å². The van der Waals surface area contributed by atoms with Gasteiger partial charge in [0.15, 0.2) is 18.0 Å². The van der Waals surface area contributed by atoms with Gasteiger partial charge in [-0.15, -0.1) is 0 Å². The van der Waals surface area contributed by atoms with Crippen molar-refractivity contribution in [3.63, 3.8) is 0 Å². The summed E-state index contributed by atoms with van der Waals surface area (Å²) in [5.74, 6) is 0.415. The van der Waals surface area contributed by atoms with Crippen molar-refractivity contribution in [2.75, 3.05) is 20.1 Å². The first kappa shape index (κ1) is 25.5. The molecule has 2 aromatic heterocycles. The topological polar surface area (TPSA) is 179 Å². The maximum atomic E-state index is 13.4. The molecule has 15 heteroatoms. The third-order valence-corrected chi connectivity index (χ3v) is 6.60. The second kappa shape index (κ2) is 11.5. The molecule has 3 heterocycles. The summed E-state index contributed by atoms with van der Waals surface area (Å²) in [5, 5.41) is 13.7. The molecule has 192 valence electrons. The van der Waals surface area contributed by atoms with Crippen molar-refractivity contribution in [2.24, 2.45) is 10.7 Å². The molecule has 0 saturated carbocycles. The minimum Gasteiger partial charge on any atom is -0.403 e. The average Bonchev–Trinajstić information content (AvgIpc) is 3.52. The number of methoxy groups -OCH3 is 1. The van der Waals surface area contributed by atoms with Crippen LogP contribution < -0.4 is 11.1 Å². The predicted octanol–water partition coefficient (Wildman–Crippen LogP) is 3.18. The number of furan rings is 1. The maximum absolute atomic E-state index is 13.4. The van der Waals surface area contributed by atoms with Gasteiger partial charge in [0.1, 0.15) is 29.3 Å². The Kier molecular flexibility index (Phi) is 8.13. The SMILES string of the molecule is COC1NC(N)=Nc2c1ncn2CCOCP(=O)(OCc1ccccc1)OCc1ccc([N+](=O)[O-])o1. The van der Waals surface area contributed by atoms with E-state index in [-0.39, 0.29) is 37.9 Å². The minimum absolute atomic E-state index is 0.0220. The molecule has 3 N–H and O–H groups in total. The first-order chi connectivity index (χ1) is 17.4. The van der Waals surface area contributed by atoms with Crippen LogP contribution in [-0.4, -0.2) is 40.5 Å². The molecule has 2 atom stereocenters. The van der Waals surface area contributed by atoms with Gasteiger partial charge in [-0.2, -0.15) is 4.99 Å². The highest BCUT2D eigenvalue weighted by atomic mass is 31.2. The van der Waals surface area contributed by atoms with Gasteiger partial charge in [-0.25, -0.2) is 4.98 Å². The van der Waals surface area contributed by atoms with Crippen LogP contribution in [0.5, 0.6) is 0 Å². The van der Waals surface area contributed by atoms with E-state index in [4.69, 9.17) is 28.7 Å². The van der Waals surface area contributed by atoms with Crippen LogP contribution in [0.1, 0.15) is 23.2 Å². The Morgan fingerprint density at radius 1 is 1.22 bits per heavy atom. The summed E-state index contributed by atoms with van der Waals surface area (Å²) in [6.45, 7) is 0.197. The van der Waals surface area contributed by atoms with Gasteiger partial charge in [0, 0.05) is 13.7 Å². The van der Waals surface area contributed by atoms with E-state index in [1.807, 2.05) is 30.3 Å². The number of nitrogens with zero attached hydrogens (tertiary/aromatic N) is 4. The number of benzene rings is 1. The number of hydrogen-bond acceptors (Lipinski definition) is 12.